The molecule has 4 N–H and O–H groups in total. The van der Waals surface area contributed by atoms with Gasteiger partial charge in [-0.15, -0.1) is 0 Å². The summed E-state index contributed by atoms with van der Waals surface area (Å²) in [4.78, 5) is 74.6. The molecule has 0 radical (unpaired) electrons. The Labute approximate surface area is 461 Å². The van der Waals surface area contributed by atoms with Gasteiger partial charge in [-0.2, -0.15) is 0 Å². The third-order valence-corrected chi connectivity index (χ3v) is 12.2. The summed E-state index contributed by atoms with van der Waals surface area (Å²) in [5.74, 6) is -4.58. The topological polar surface area (TPSA) is 296 Å². The van der Waals surface area contributed by atoms with E-state index in [4.69, 9.17) is 66.3 Å². The Morgan fingerprint density at radius 1 is 0.308 bits per heavy atom. The number of nitrogens with one attached hydrogen (secondary N) is 2. The molecule has 0 aliphatic carbocycles. The molecule has 0 aromatic carbocycles. The first kappa shape index (κ1) is 70.4. The minimum atomic E-state index is -1.57. The van der Waals surface area contributed by atoms with Gasteiger partial charge in [-0.05, 0) is 25.7 Å². The predicted octanol–water partition coefficient (Wildman–Crippen LogP) is 3.98. The lowest BCUT2D eigenvalue weighted by atomic mass is 10.0. The number of carboxylic acid groups (broad SMARTS) is 2. The van der Waals surface area contributed by atoms with Crippen LogP contribution in [-0.2, 0) is 95.1 Å². The van der Waals surface area contributed by atoms with Gasteiger partial charge in [0.1, 0.15) is 0 Å². The van der Waals surface area contributed by atoms with E-state index in [0.29, 0.717) is 105 Å². The van der Waals surface area contributed by atoms with Gasteiger partial charge < -0.3 is 87.2 Å². The number of carbonyl (C=O) groups is 6. The summed E-state index contributed by atoms with van der Waals surface area (Å²) in [6.45, 7) is 5.02. The van der Waals surface area contributed by atoms with Crippen LogP contribution in [0.1, 0.15) is 128 Å². The maximum Gasteiger partial charge on any atom is 0.336 e. The molecule has 2 fully saturated rings. The summed E-state index contributed by atoms with van der Waals surface area (Å²) in [6.07, 6.45) is 13.0. The van der Waals surface area contributed by atoms with E-state index in [-0.39, 0.29) is 91.1 Å². The van der Waals surface area contributed by atoms with E-state index in [9.17, 15) is 39.0 Å². The van der Waals surface area contributed by atoms with Crippen LogP contribution < -0.4 is 10.6 Å². The molecule has 2 rings (SSSR count). The maximum atomic E-state index is 13.0. The van der Waals surface area contributed by atoms with Gasteiger partial charge in [0, 0.05) is 25.9 Å². The molecular formula is C54H96N2O22. The number of rotatable bonds is 31. The van der Waals surface area contributed by atoms with E-state index < -0.39 is 48.2 Å². The van der Waals surface area contributed by atoms with Crippen molar-refractivity contribution in [1.29, 1.82) is 0 Å². The highest BCUT2D eigenvalue weighted by Crippen LogP contribution is 2.15. The van der Waals surface area contributed by atoms with Crippen molar-refractivity contribution in [2.45, 2.75) is 153 Å². The number of hydrogen-bond acceptors (Lipinski definition) is 20. The number of ether oxygens (including phenoxy) is 14. The van der Waals surface area contributed by atoms with Crippen LogP contribution >= 0.6 is 0 Å². The normalized spacial score (nSPS) is 21.1. The summed E-state index contributed by atoms with van der Waals surface area (Å²) in [7, 11) is 0. The van der Waals surface area contributed by atoms with E-state index in [0.717, 1.165) is 51.4 Å². The van der Waals surface area contributed by atoms with E-state index in [1.807, 2.05) is 0 Å². The monoisotopic (exact) mass is 1120 g/mol. The van der Waals surface area contributed by atoms with Gasteiger partial charge in [0.2, 0.25) is 0 Å². The van der Waals surface area contributed by atoms with Gasteiger partial charge >= 0.3 is 23.9 Å². The Balaban J connectivity index is 1.41. The molecule has 24 nitrogen and oxygen atoms in total. The van der Waals surface area contributed by atoms with E-state index in [1.54, 1.807) is 0 Å². The molecule has 0 aromatic rings. The highest BCUT2D eigenvalue weighted by atomic mass is 16.6. The van der Waals surface area contributed by atoms with Gasteiger partial charge in [-0.3, -0.25) is 19.2 Å². The molecule has 454 valence electrons. The molecule has 4 atom stereocenters. The molecule has 2 heterocycles. The van der Waals surface area contributed by atoms with Crippen molar-refractivity contribution >= 4 is 35.7 Å². The second-order valence-corrected chi connectivity index (χ2v) is 18.6. The van der Waals surface area contributed by atoms with Crippen LogP contribution in [0.15, 0.2) is 0 Å². The van der Waals surface area contributed by atoms with Crippen molar-refractivity contribution in [3.63, 3.8) is 0 Å². The number of unbranched alkanes of at least 4 members (excludes halogenated alkanes) is 15. The molecular weight excluding hydrogens is 1030 g/mol. The zero-order valence-corrected chi connectivity index (χ0v) is 46.5. The van der Waals surface area contributed by atoms with Crippen molar-refractivity contribution in [2.24, 2.45) is 0 Å². The SMILES string of the molecule is O=C(CCCCCCCCCCCCCCCCCCC(=O)OCCCNC(=O)[C@@H]1OCCOCCOCCOCCOCCO[C@H]1C(=O)O)OCCCNC(=O)[C@@H]1OCCOCCOCCOCCOCCO[C@H]1C(=O)O. The largest absolute Gasteiger partial charge is 0.479 e. The standard InChI is InChI=1S/C54H96N2O22/c57-45(73-23-17-21-55-51(59)47-49(53(61)62)77-43-39-71-35-31-67-27-25-65-29-33-69-37-41-75-47)19-15-13-11-9-7-5-3-1-2-4-6-8-10-12-14-16-20-46(58)74-24-18-22-56-52(60)48-50(54(63)64)78-44-40-72-36-32-68-28-26-66-30-34-70-38-42-76-48/h47-50H,1-44H2,(H,55,59)(H,56,60)(H,61,62)(H,63,64)/t47-,48-,49-,50-/m1/s1. The first-order valence-corrected chi connectivity index (χ1v) is 28.6. The smallest absolute Gasteiger partial charge is 0.336 e. The Hall–Kier alpha value is -3.66. The number of amides is 2. The number of esters is 2. The Bertz CT molecular complexity index is 1410. The van der Waals surface area contributed by atoms with Crippen molar-refractivity contribution < 1.29 is 105 Å². The van der Waals surface area contributed by atoms with Crippen molar-refractivity contribution in [1.82, 2.24) is 10.6 Å². The molecule has 78 heavy (non-hydrogen) atoms. The van der Waals surface area contributed by atoms with Crippen LogP contribution in [0.5, 0.6) is 0 Å². The van der Waals surface area contributed by atoms with Crippen molar-refractivity contribution in [2.75, 3.05) is 158 Å². The summed E-state index contributed by atoms with van der Waals surface area (Å²) in [5, 5.41) is 25.0. The molecule has 0 unspecified atom stereocenters. The van der Waals surface area contributed by atoms with Crippen LogP contribution in [0.4, 0.5) is 0 Å². The molecule has 2 aliphatic heterocycles. The van der Waals surface area contributed by atoms with Gasteiger partial charge in [0.25, 0.3) is 11.8 Å². The molecule has 0 spiro atoms. The third kappa shape index (κ3) is 40.5. The fourth-order valence-electron chi connectivity index (χ4n) is 7.94. The van der Waals surface area contributed by atoms with Gasteiger partial charge in [-0.25, -0.2) is 9.59 Å². The molecule has 0 aromatic heterocycles. The fraction of sp³-hybridized carbons (Fsp3) is 0.889. The van der Waals surface area contributed by atoms with E-state index in [1.165, 1.54) is 51.4 Å². The van der Waals surface area contributed by atoms with Crippen LogP contribution in [0.3, 0.4) is 0 Å². The zero-order valence-electron chi connectivity index (χ0n) is 46.5. The molecule has 24 heteroatoms. The second-order valence-electron chi connectivity index (χ2n) is 18.6. The minimum absolute atomic E-state index is 0.0391. The average molecular weight is 1130 g/mol. The summed E-state index contributed by atoms with van der Waals surface area (Å²) < 4.78 is 76.3. The maximum absolute atomic E-state index is 13.0. The van der Waals surface area contributed by atoms with Crippen LogP contribution in [0.25, 0.3) is 0 Å². The average Bonchev–Trinajstić information content (AvgIpc) is 3.42. The zero-order chi connectivity index (χ0) is 56.2. The van der Waals surface area contributed by atoms with Gasteiger partial charge in [-0.1, -0.05) is 89.9 Å². The summed E-state index contributed by atoms with van der Waals surface area (Å²) >= 11 is 0. The summed E-state index contributed by atoms with van der Waals surface area (Å²) in [6, 6.07) is 0. The van der Waals surface area contributed by atoms with Crippen LogP contribution in [-0.4, -0.2) is 229 Å². The first-order chi connectivity index (χ1) is 38.2. The third-order valence-electron chi connectivity index (χ3n) is 12.2. The second kappa shape index (κ2) is 51.5. The lowest BCUT2D eigenvalue weighted by Gasteiger charge is -2.24. The van der Waals surface area contributed by atoms with Crippen LogP contribution in [0.2, 0.25) is 0 Å². The lowest BCUT2D eigenvalue weighted by molar-refractivity contribution is -0.171. The summed E-state index contributed by atoms with van der Waals surface area (Å²) in [5.41, 5.74) is 0. The molecule has 2 aliphatic rings. The molecule has 2 saturated heterocycles. The Kier molecular flexibility index (Phi) is 46.5. The fourth-order valence-corrected chi connectivity index (χ4v) is 7.94. The number of carbonyl (C=O) groups excluding carboxylic acids is 4. The number of hydrogen-bond donors (Lipinski definition) is 4. The van der Waals surface area contributed by atoms with Gasteiger partial charge in [0.05, 0.1) is 145 Å². The molecule has 0 saturated carbocycles. The Morgan fingerprint density at radius 3 is 0.769 bits per heavy atom. The molecule has 2 amide bonds. The van der Waals surface area contributed by atoms with Crippen LogP contribution in [0, 0.1) is 0 Å². The number of carboxylic acids is 2. The first-order valence-electron chi connectivity index (χ1n) is 28.6. The highest BCUT2D eigenvalue weighted by Gasteiger charge is 2.37. The van der Waals surface area contributed by atoms with Crippen molar-refractivity contribution in [3.05, 3.63) is 0 Å². The van der Waals surface area contributed by atoms with E-state index >= 15 is 0 Å². The highest BCUT2D eigenvalue weighted by molar-refractivity contribution is 5.88. The number of aliphatic carboxylic acids is 2. The Morgan fingerprint density at radius 2 is 0.526 bits per heavy atom. The van der Waals surface area contributed by atoms with Crippen molar-refractivity contribution in [3.8, 4) is 0 Å². The lowest BCUT2D eigenvalue weighted by Crippen LogP contribution is -2.49. The molecule has 0 bridgehead atoms. The quantitative estimate of drug-likeness (QED) is 0.0564. The van der Waals surface area contributed by atoms with E-state index in [2.05, 4.69) is 10.6 Å². The predicted molar refractivity (Wildman–Crippen MR) is 281 cm³/mol. The van der Waals surface area contributed by atoms with Gasteiger partial charge in [0.15, 0.2) is 24.4 Å². The minimum Gasteiger partial charge on any atom is -0.479 e.